The van der Waals surface area contributed by atoms with Crippen molar-refractivity contribution in [1.82, 2.24) is 9.71 Å². The number of aromatic nitrogens is 1. The fourth-order valence-corrected chi connectivity index (χ4v) is 4.50. The lowest BCUT2D eigenvalue weighted by molar-refractivity contribution is -0.0901. The highest BCUT2D eigenvalue weighted by Gasteiger charge is 2.38. The van der Waals surface area contributed by atoms with Gasteiger partial charge in [0, 0.05) is 18.3 Å². The van der Waals surface area contributed by atoms with Gasteiger partial charge in [0.25, 0.3) is 15.9 Å². The van der Waals surface area contributed by atoms with E-state index in [1.54, 1.807) is 0 Å². The van der Waals surface area contributed by atoms with Crippen LogP contribution in [0.4, 0.5) is 30.7 Å². The summed E-state index contributed by atoms with van der Waals surface area (Å²) in [6.45, 7) is 3.30. The van der Waals surface area contributed by atoms with Gasteiger partial charge in [0.15, 0.2) is 0 Å². The van der Waals surface area contributed by atoms with E-state index in [0.717, 1.165) is 6.20 Å². The second-order valence-electron chi connectivity index (χ2n) is 7.19. The van der Waals surface area contributed by atoms with Crippen LogP contribution in [0.5, 0.6) is 0 Å². The summed E-state index contributed by atoms with van der Waals surface area (Å²) >= 11 is 0. The van der Waals surface area contributed by atoms with Crippen LogP contribution in [0.3, 0.4) is 0 Å². The van der Waals surface area contributed by atoms with Gasteiger partial charge in [-0.25, -0.2) is 26.0 Å². The first kappa shape index (κ1) is 25.0. The quantitative estimate of drug-likeness (QED) is 0.407. The minimum Gasteiger partial charge on any atom is -0.363 e. The molecule has 0 unspecified atom stereocenters. The number of nitrogens with one attached hydrogen (secondary N) is 2. The predicted octanol–water partition coefficient (Wildman–Crippen LogP) is 5.76. The lowest BCUT2D eigenvalue weighted by Gasteiger charge is -2.22. The van der Waals surface area contributed by atoms with Crippen LogP contribution in [-0.4, -0.2) is 25.5 Å². The van der Waals surface area contributed by atoms with E-state index in [1.165, 1.54) is 13.8 Å². The lowest BCUT2D eigenvalue weighted by atomic mass is 9.95. The Morgan fingerprint density at radius 2 is 1.87 bits per heavy atom. The molecule has 0 aliphatic heterocycles. The molecule has 0 saturated carbocycles. The van der Waals surface area contributed by atoms with Crippen LogP contribution in [0.15, 0.2) is 45.7 Å². The van der Waals surface area contributed by atoms with Crippen molar-refractivity contribution in [2.75, 3.05) is 0 Å². The fourth-order valence-electron chi connectivity index (χ4n) is 3.08. The molecule has 174 valence electrons. The Balaban J connectivity index is 2.49. The number of fused-ring (bicyclic) bond motifs is 1. The molecule has 1 aliphatic carbocycles. The van der Waals surface area contributed by atoms with E-state index in [1.807, 2.05) is 4.72 Å². The molecule has 0 amide bonds. The summed E-state index contributed by atoms with van der Waals surface area (Å²) in [5, 5.41) is 0. The molecule has 4 nitrogen and oxygen atoms in total. The Labute approximate surface area is 175 Å². The maximum absolute atomic E-state index is 14.7. The molecule has 0 aromatic carbocycles. The summed E-state index contributed by atoms with van der Waals surface area (Å²) < 4.78 is 122. The maximum Gasteiger partial charge on any atom is 0.418 e. The van der Waals surface area contributed by atoms with Gasteiger partial charge in [-0.1, -0.05) is 6.92 Å². The average molecular weight is 474 g/mol. The molecule has 1 heterocycles. The van der Waals surface area contributed by atoms with E-state index in [-0.39, 0.29) is 35.7 Å². The van der Waals surface area contributed by atoms with Crippen molar-refractivity contribution >= 4 is 10.0 Å². The van der Waals surface area contributed by atoms with Gasteiger partial charge in [-0.3, -0.25) is 4.72 Å². The Bertz CT molecular complexity index is 1040. The number of H-pyrrole nitrogens is 1. The third-order valence-corrected chi connectivity index (χ3v) is 6.30. The van der Waals surface area contributed by atoms with E-state index in [9.17, 15) is 39.2 Å². The van der Waals surface area contributed by atoms with Crippen LogP contribution in [0.2, 0.25) is 0 Å². The SMILES string of the molecule is CCC(C)=C(NS(=O)(=O)c1c[nH]c2c1CCC(F)(F)C2)/C(F)=C\C(=C(/C)F)C(F)(F)F. The highest BCUT2D eigenvalue weighted by Crippen LogP contribution is 2.36. The van der Waals surface area contributed by atoms with Crippen molar-refractivity contribution in [1.29, 1.82) is 0 Å². The van der Waals surface area contributed by atoms with Crippen molar-refractivity contribution < 1.29 is 39.2 Å². The van der Waals surface area contributed by atoms with Crippen LogP contribution < -0.4 is 4.72 Å². The Morgan fingerprint density at radius 1 is 1.26 bits per heavy atom. The second kappa shape index (κ2) is 8.71. The summed E-state index contributed by atoms with van der Waals surface area (Å²) in [5.41, 5.74) is -2.51. The highest BCUT2D eigenvalue weighted by atomic mass is 32.2. The standard InChI is InChI=1S/C19H21F7N2O2S/c1-4-10(2)17(14(21)7-13(11(3)20)19(24,25)26)28-31(29,30)16-9-27-15-8-18(22,23)6-5-12(15)16/h7,9,27-28H,4-6,8H2,1-3H3/b13-11-,14-7+,17-10?. The summed E-state index contributed by atoms with van der Waals surface area (Å²) in [6, 6.07) is 0. The molecule has 0 atom stereocenters. The first-order valence-electron chi connectivity index (χ1n) is 9.19. The minimum absolute atomic E-state index is 0.0146. The van der Waals surface area contributed by atoms with Gasteiger partial charge in [-0.05, 0) is 43.9 Å². The summed E-state index contributed by atoms with van der Waals surface area (Å²) in [6.07, 6.45) is -5.82. The van der Waals surface area contributed by atoms with E-state index >= 15 is 0 Å². The van der Waals surface area contributed by atoms with Crippen LogP contribution in [0.1, 0.15) is 44.9 Å². The van der Waals surface area contributed by atoms with Crippen LogP contribution in [0, 0.1) is 0 Å². The molecule has 0 fully saturated rings. The first-order valence-corrected chi connectivity index (χ1v) is 10.7. The molecule has 1 aromatic rings. The third-order valence-electron chi connectivity index (χ3n) is 4.88. The number of sulfonamides is 1. The zero-order valence-electron chi connectivity index (χ0n) is 16.9. The smallest absolute Gasteiger partial charge is 0.363 e. The predicted molar refractivity (Wildman–Crippen MR) is 100 cm³/mol. The molecule has 2 N–H and O–H groups in total. The van der Waals surface area contributed by atoms with Gasteiger partial charge in [0.2, 0.25) is 0 Å². The highest BCUT2D eigenvalue weighted by molar-refractivity contribution is 7.89. The topological polar surface area (TPSA) is 62.0 Å². The average Bonchev–Trinajstić information content (AvgIpc) is 3.04. The largest absolute Gasteiger partial charge is 0.418 e. The fraction of sp³-hybridized carbons (Fsp3) is 0.474. The van der Waals surface area contributed by atoms with Crippen molar-refractivity contribution in [2.45, 2.75) is 63.4 Å². The van der Waals surface area contributed by atoms with Crippen LogP contribution in [-0.2, 0) is 22.9 Å². The molecule has 12 heteroatoms. The maximum atomic E-state index is 14.7. The van der Waals surface area contributed by atoms with E-state index in [2.05, 4.69) is 4.98 Å². The number of hydrogen-bond donors (Lipinski definition) is 2. The van der Waals surface area contributed by atoms with Gasteiger partial charge >= 0.3 is 6.18 Å². The van der Waals surface area contributed by atoms with Crippen molar-refractivity contribution in [2.24, 2.45) is 0 Å². The molecule has 2 rings (SSSR count). The zero-order valence-corrected chi connectivity index (χ0v) is 17.7. The Kier molecular flexibility index (Phi) is 7.03. The van der Waals surface area contributed by atoms with E-state index < -0.39 is 62.8 Å². The van der Waals surface area contributed by atoms with Crippen molar-refractivity contribution in [3.05, 3.63) is 52.0 Å². The number of hydrogen-bond acceptors (Lipinski definition) is 2. The van der Waals surface area contributed by atoms with E-state index in [0.29, 0.717) is 6.92 Å². The van der Waals surface area contributed by atoms with Gasteiger partial charge in [0.1, 0.15) is 16.5 Å². The molecule has 0 bridgehead atoms. The summed E-state index contributed by atoms with van der Waals surface area (Å²) in [5.74, 6) is -6.34. The first-order chi connectivity index (χ1) is 14.1. The third kappa shape index (κ3) is 5.72. The monoisotopic (exact) mass is 474 g/mol. The van der Waals surface area contributed by atoms with Crippen LogP contribution in [0.25, 0.3) is 0 Å². The number of rotatable bonds is 6. The molecule has 0 spiro atoms. The molecule has 0 radical (unpaired) electrons. The van der Waals surface area contributed by atoms with Crippen molar-refractivity contribution in [3.8, 4) is 0 Å². The number of allylic oxidation sites excluding steroid dienone is 5. The molecule has 1 aromatic heterocycles. The minimum atomic E-state index is -5.20. The molecular weight excluding hydrogens is 453 g/mol. The Hall–Kier alpha value is -2.24. The van der Waals surface area contributed by atoms with Gasteiger partial charge in [-0.15, -0.1) is 0 Å². The number of aromatic amines is 1. The van der Waals surface area contributed by atoms with Gasteiger partial charge in [-0.2, -0.15) is 13.2 Å². The van der Waals surface area contributed by atoms with Crippen molar-refractivity contribution in [3.63, 3.8) is 0 Å². The lowest BCUT2D eigenvalue weighted by Crippen LogP contribution is -2.29. The number of halogens is 7. The normalized spacial score (nSPS) is 18.8. The van der Waals surface area contributed by atoms with E-state index in [4.69, 9.17) is 0 Å². The summed E-state index contributed by atoms with van der Waals surface area (Å²) in [4.78, 5) is 2.07. The molecule has 1 aliphatic rings. The molecule has 0 saturated heterocycles. The molecular formula is C19H21F7N2O2S. The Morgan fingerprint density at radius 3 is 2.39 bits per heavy atom. The zero-order chi connectivity index (χ0) is 23.8. The molecule has 31 heavy (non-hydrogen) atoms. The van der Waals surface area contributed by atoms with Gasteiger partial charge < -0.3 is 4.98 Å². The summed E-state index contributed by atoms with van der Waals surface area (Å²) in [7, 11) is -4.54. The van der Waals surface area contributed by atoms with Gasteiger partial charge in [0.05, 0.1) is 17.7 Å². The van der Waals surface area contributed by atoms with Crippen LogP contribution >= 0.6 is 0 Å². The number of alkyl halides is 5. The second-order valence-corrected chi connectivity index (χ2v) is 8.85.